The second kappa shape index (κ2) is 11.8. The van der Waals surface area contributed by atoms with Gasteiger partial charge in [-0.1, -0.05) is 13.3 Å². The number of fused-ring (bicyclic) bond motifs is 1. The number of likely N-dealkylation sites (tertiary alicyclic amines) is 2. The molecule has 2 saturated heterocycles. The molecule has 0 spiro atoms. The van der Waals surface area contributed by atoms with E-state index >= 15 is 0 Å². The van der Waals surface area contributed by atoms with Crippen LogP contribution in [0.2, 0.25) is 0 Å². The number of nitrogens with zero attached hydrogens (tertiary/aromatic N) is 5. The van der Waals surface area contributed by atoms with E-state index in [4.69, 9.17) is 9.97 Å². The lowest BCUT2D eigenvalue weighted by Crippen LogP contribution is -2.40. The molecule has 2 aromatic heterocycles. The van der Waals surface area contributed by atoms with Crippen molar-refractivity contribution in [3.63, 3.8) is 0 Å². The van der Waals surface area contributed by atoms with Crippen LogP contribution in [0.3, 0.4) is 0 Å². The van der Waals surface area contributed by atoms with E-state index in [-0.39, 0.29) is 6.10 Å². The molecule has 2 N–H and O–H groups in total. The van der Waals surface area contributed by atoms with Crippen LogP contribution in [0.1, 0.15) is 95.6 Å². The molecule has 2 aromatic rings. The molecule has 36 heavy (non-hydrogen) atoms. The molecule has 3 aliphatic rings. The highest BCUT2D eigenvalue weighted by molar-refractivity contribution is 5.81. The second-order valence-corrected chi connectivity index (χ2v) is 12.0. The molecule has 7 nitrogen and oxygen atoms in total. The zero-order valence-corrected chi connectivity index (χ0v) is 22.8. The van der Waals surface area contributed by atoms with E-state index in [1.165, 1.54) is 69.4 Å². The Hall–Kier alpha value is -1.70. The minimum atomic E-state index is -0.141. The maximum Gasteiger partial charge on any atom is 0.224 e. The van der Waals surface area contributed by atoms with Crippen LogP contribution in [0.5, 0.6) is 0 Å². The molecule has 0 bridgehead atoms. The van der Waals surface area contributed by atoms with Crippen LogP contribution >= 0.6 is 0 Å². The molecule has 5 rings (SSSR count). The van der Waals surface area contributed by atoms with Crippen LogP contribution in [-0.2, 0) is 0 Å². The molecule has 0 amide bonds. The molecule has 200 valence electrons. The van der Waals surface area contributed by atoms with Gasteiger partial charge < -0.3 is 24.8 Å². The molecule has 1 saturated carbocycles. The van der Waals surface area contributed by atoms with E-state index in [9.17, 15) is 5.11 Å². The highest BCUT2D eigenvalue weighted by Crippen LogP contribution is 2.38. The lowest BCUT2D eigenvalue weighted by atomic mass is 9.88. The summed E-state index contributed by atoms with van der Waals surface area (Å²) in [6.45, 7) is 10.6. The summed E-state index contributed by atoms with van der Waals surface area (Å²) in [7, 11) is 2.25. The Balaban J connectivity index is 1.32. The van der Waals surface area contributed by atoms with Gasteiger partial charge in [0.05, 0.1) is 6.10 Å². The van der Waals surface area contributed by atoms with E-state index in [2.05, 4.69) is 53.0 Å². The Morgan fingerprint density at radius 2 is 1.75 bits per heavy atom. The van der Waals surface area contributed by atoms with Gasteiger partial charge in [-0.3, -0.25) is 0 Å². The van der Waals surface area contributed by atoms with E-state index in [0.29, 0.717) is 18.0 Å². The van der Waals surface area contributed by atoms with Crippen molar-refractivity contribution in [2.24, 2.45) is 5.92 Å². The van der Waals surface area contributed by atoms with Crippen LogP contribution in [0, 0.1) is 5.92 Å². The quantitative estimate of drug-likeness (QED) is 0.534. The second-order valence-electron chi connectivity index (χ2n) is 12.0. The highest BCUT2D eigenvalue weighted by Gasteiger charge is 2.29. The van der Waals surface area contributed by atoms with Gasteiger partial charge in [0.25, 0.3) is 0 Å². The Morgan fingerprint density at radius 3 is 2.44 bits per heavy atom. The smallest absolute Gasteiger partial charge is 0.224 e. The minimum absolute atomic E-state index is 0.141. The van der Waals surface area contributed by atoms with Crippen molar-refractivity contribution in [2.45, 2.75) is 102 Å². The fourth-order valence-corrected chi connectivity index (χ4v) is 6.83. The fourth-order valence-electron chi connectivity index (χ4n) is 6.83. The zero-order valence-electron chi connectivity index (χ0n) is 22.8. The number of anilines is 1. The summed E-state index contributed by atoms with van der Waals surface area (Å²) in [6.07, 6.45) is 15.6. The largest absolute Gasteiger partial charge is 0.393 e. The van der Waals surface area contributed by atoms with Gasteiger partial charge in [-0.25, -0.2) is 4.98 Å². The van der Waals surface area contributed by atoms with Crippen LogP contribution in [-0.4, -0.2) is 81.4 Å². The summed E-state index contributed by atoms with van der Waals surface area (Å²) in [5.41, 5.74) is 2.53. The maximum atomic E-state index is 10.1. The van der Waals surface area contributed by atoms with E-state index in [1.807, 2.05) is 0 Å². The minimum Gasteiger partial charge on any atom is -0.393 e. The SMILES string of the molecule is CCC[C@H](C)Nc1ncc2c(C3CCN(CC4CCN(C)CC4)CC3)cn([C@H]3CC[C@H](O)CC3)c2n1. The number of aliphatic hydroxyl groups excluding tert-OH is 1. The molecular weight excluding hydrogens is 448 g/mol. The molecule has 3 fully saturated rings. The van der Waals surface area contributed by atoms with Gasteiger partial charge in [-0.05, 0) is 115 Å². The normalized spacial score (nSPS) is 26.4. The highest BCUT2D eigenvalue weighted by atomic mass is 16.3. The topological polar surface area (TPSA) is 69.5 Å². The molecule has 4 heterocycles. The first kappa shape index (κ1) is 25.9. The molecule has 0 radical (unpaired) electrons. The van der Waals surface area contributed by atoms with Crippen molar-refractivity contribution < 1.29 is 5.11 Å². The van der Waals surface area contributed by atoms with Crippen LogP contribution in [0.15, 0.2) is 12.4 Å². The summed E-state index contributed by atoms with van der Waals surface area (Å²) in [5, 5.41) is 14.9. The summed E-state index contributed by atoms with van der Waals surface area (Å²) in [5.74, 6) is 2.20. The van der Waals surface area contributed by atoms with E-state index in [1.54, 1.807) is 0 Å². The van der Waals surface area contributed by atoms with Gasteiger partial charge in [-0.15, -0.1) is 0 Å². The lowest BCUT2D eigenvalue weighted by Gasteiger charge is -2.37. The van der Waals surface area contributed by atoms with Crippen molar-refractivity contribution in [1.82, 2.24) is 24.3 Å². The molecule has 7 heteroatoms. The first-order chi connectivity index (χ1) is 17.5. The number of piperidine rings is 2. The molecule has 2 aliphatic heterocycles. The Kier molecular flexibility index (Phi) is 8.49. The maximum absolute atomic E-state index is 10.1. The Morgan fingerprint density at radius 1 is 1.03 bits per heavy atom. The van der Waals surface area contributed by atoms with Crippen LogP contribution < -0.4 is 5.32 Å². The fraction of sp³-hybridized carbons (Fsp3) is 0.793. The standard InChI is InChI=1S/C29H48N6O/c1-4-5-21(2)31-29-30-18-26-27(20-35(28(26)32-29)24-6-8-25(36)9-7-24)23-12-16-34(17-13-23)19-22-10-14-33(3)15-11-22/h18,20-25,36H,4-17,19H2,1-3H3,(H,30,31,32)/t21-,24-,25-/m0/s1. The monoisotopic (exact) mass is 496 g/mol. The summed E-state index contributed by atoms with van der Waals surface area (Å²) < 4.78 is 2.44. The Bertz CT molecular complexity index is 968. The number of aromatic nitrogens is 3. The molecule has 1 atom stereocenters. The number of rotatable bonds is 8. The van der Waals surface area contributed by atoms with Crippen LogP contribution in [0.4, 0.5) is 5.95 Å². The van der Waals surface area contributed by atoms with Gasteiger partial charge in [0.2, 0.25) is 5.95 Å². The number of hydrogen-bond acceptors (Lipinski definition) is 6. The lowest BCUT2D eigenvalue weighted by molar-refractivity contribution is 0.111. The third kappa shape index (κ3) is 6.05. The van der Waals surface area contributed by atoms with E-state index < -0.39 is 0 Å². The van der Waals surface area contributed by atoms with Crippen molar-refractivity contribution in [1.29, 1.82) is 0 Å². The van der Waals surface area contributed by atoms with Gasteiger partial charge in [0.15, 0.2) is 0 Å². The average Bonchev–Trinajstić information content (AvgIpc) is 3.25. The molecule has 1 aliphatic carbocycles. The van der Waals surface area contributed by atoms with Crippen molar-refractivity contribution in [3.8, 4) is 0 Å². The van der Waals surface area contributed by atoms with Crippen molar-refractivity contribution in [3.05, 3.63) is 18.0 Å². The zero-order chi connectivity index (χ0) is 25.1. The van der Waals surface area contributed by atoms with Gasteiger partial charge >= 0.3 is 0 Å². The average molecular weight is 497 g/mol. The van der Waals surface area contributed by atoms with Crippen molar-refractivity contribution >= 4 is 17.0 Å². The Labute approximate surface area is 217 Å². The van der Waals surface area contributed by atoms with Gasteiger partial charge in [-0.2, -0.15) is 4.98 Å². The predicted molar refractivity (Wildman–Crippen MR) is 148 cm³/mol. The number of hydrogen-bond donors (Lipinski definition) is 2. The number of nitrogens with one attached hydrogen (secondary N) is 1. The first-order valence-electron chi connectivity index (χ1n) is 14.7. The predicted octanol–water partition coefficient (Wildman–Crippen LogP) is 5.03. The first-order valence-corrected chi connectivity index (χ1v) is 14.7. The summed E-state index contributed by atoms with van der Waals surface area (Å²) in [6, 6.07) is 0.791. The number of aliphatic hydroxyl groups is 1. The third-order valence-corrected chi connectivity index (χ3v) is 9.14. The molecule has 0 aromatic carbocycles. The summed E-state index contributed by atoms with van der Waals surface area (Å²) >= 11 is 0. The molecular formula is C29H48N6O. The van der Waals surface area contributed by atoms with Crippen molar-refractivity contribution in [2.75, 3.05) is 45.1 Å². The summed E-state index contributed by atoms with van der Waals surface area (Å²) in [4.78, 5) is 15.0. The molecule has 0 unspecified atom stereocenters. The third-order valence-electron chi connectivity index (χ3n) is 9.14. The van der Waals surface area contributed by atoms with Gasteiger partial charge in [0, 0.05) is 36.4 Å². The van der Waals surface area contributed by atoms with Gasteiger partial charge in [0.1, 0.15) is 5.65 Å². The van der Waals surface area contributed by atoms with Crippen LogP contribution in [0.25, 0.3) is 11.0 Å². The van der Waals surface area contributed by atoms with E-state index in [0.717, 1.165) is 56.0 Å².